The second-order valence-corrected chi connectivity index (χ2v) is 5.71. The molecular formula is C14H30O4. The molecule has 0 saturated carbocycles. The van der Waals surface area contributed by atoms with E-state index in [-0.39, 0.29) is 31.7 Å². The van der Waals surface area contributed by atoms with Gasteiger partial charge in [-0.25, -0.2) is 0 Å². The molecule has 0 bridgehead atoms. The molecule has 0 aliphatic heterocycles. The van der Waals surface area contributed by atoms with Gasteiger partial charge in [0, 0.05) is 18.6 Å². The van der Waals surface area contributed by atoms with Crippen LogP contribution in [0.3, 0.4) is 0 Å². The van der Waals surface area contributed by atoms with Crippen LogP contribution in [0.4, 0.5) is 0 Å². The van der Waals surface area contributed by atoms with E-state index in [2.05, 4.69) is 0 Å². The van der Waals surface area contributed by atoms with E-state index in [0.717, 1.165) is 12.8 Å². The average Bonchev–Trinajstić information content (AvgIpc) is 2.37. The fraction of sp³-hybridized carbons (Fsp3) is 1.00. The molecule has 0 aliphatic carbocycles. The van der Waals surface area contributed by atoms with Gasteiger partial charge in [-0.05, 0) is 37.5 Å². The highest BCUT2D eigenvalue weighted by atomic mass is 16.3. The number of aliphatic hydroxyl groups is 4. The summed E-state index contributed by atoms with van der Waals surface area (Å²) in [4.78, 5) is 0. The summed E-state index contributed by atoms with van der Waals surface area (Å²) in [6, 6.07) is 0. The van der Waals surface area contributed by atoms with E-state index in [1.807, 2.05) is 20.8 Å². The SMILES string of the molecule is CCC(C)(CO)C(O)C(C)CC(CCO)CCO. The lowest BCUT2D eigenvalue weighted by Gasteiger charge is -2.36. The van der Waals surface area contributed by atoms with Crippen molar-refractivity contribution in [3.63, 3.8) is 0 Å². The van der Waals surface area contributed by atoms with Crippen molar-refractivity contribution in [3.05, 3.63) is 0 Å². The number of hydrogen-bond donors (Lipinski definition) is 4. The monoisotopic (exact) mass is 262 g/mol. The van der Waals surface area contributed by atoms with Crippen molar-refractivity contribution >= 4 is 0 Å². The summed E-state index contributed by atoms with van der Waals surface area (Å²) in [5.74, 6) is 0.273. The van der Waals surface area contributed by atoms with Gasteiger partial charge in [-0.3, -0.25) is 0 Å². The molecule has 0 fully saturated rings. The van der Waals surface area contributed by atoms with Crippen molar-refractivity contribution < 1.29 is 20.4 Å². The van der Waals surface area contributed by atoms with Gasteiger partial charge in [0.05, 0.1) is 12.7 Å². The lowest BCUT2D eigenvalue weighted by atomic mass is 9.74. The molecule has 3 atom stereocenters. The van der Waals surface area contributed by atoms with Gasteiger partial charge in [0.2, 0.25) is 0 Å². The molecule has 0 aliphatic rings. The fourth-order valence-corrected chi connectivity index (χ4v) is 2.50. The van der Waals surface area contributed by atoms with Gasteiger partial charge in [-0.2, -0.15) is 0 Å². The zero-order valence-electron chi connectivity index (χ0n) is 12.0. The highest BCUT2D eigenvalue weighted by molar-refractivity contribution is 4.84. The number of rotatable bonds is 10. The molecule has 0 aromatic heterocycles. The Bertz CT molecular complexity index is 198. The lowest BCUT2D eigenvalue weighted by molar-refractivity contribution is -0.0453. The van der Waals surface area contributed by atoms with Crippen molar-refractivity contribution in [2.24, 2.45) is 17.3 Å². The first-order chi connectivity index (χ1) is 8.45. The van der Waals surface area contributed by atoms with Crippen LogP contribution in [0.2, 0.25) is 0 Å². The van der Waals surface area contributed by atoms with E-state index in [1.54, 1.807) is 0 Å². The number of hydrogen-bond acceptors (Lipinski definition) is 4. The standard InChI is InChI=1S/C14H30O4/c1-4-14(3,10-17)13(18)11(2)9-12(5-7-15)6-8-16/h11-13,15-18H,4-10H2,1-3H3. The highest BCUT2D eigenvalue weighted by Crippen LogP contribution is 2.33. The summed E-state index contributed by atoms with van der Waals surface area (Å²) in [5.41, 5.74) is -0.470. The molecule has 18 heavy (non-hydrogen) atoms. The second-order valence-electron chi connectivity index (χ2n) is 5.71. The Balaban J connectivity index is 4.47. The van der Waals surface area contributed by atoms with Crippen LogP contribution in [0.5, 0.6) is 0 Å². The van der Waals surface area contributed by atoms with E-state index >= 15 is 0 Å². The van der Waals surface area contributed by atoms with Crippen molar-refractivity contribution in [3.8, 4) is 0 Å². The maximum absolute atomic E-state index is 10.3. The van der Waals surface area contributed by atoms with Crippen LogP contribution in [0, 0.1) is 17.3 Å². The quantitative estimate of drug-likeness (QED) is 0.476. The van der Waals surface area contributed by atoms with Crippen LogP contribution in [0.25, 0.3) is 0 Å². The van der Waals surface area contributed by atoms with E-state index in [4.69, 9.17) is 10.2 Å². The Morgan fingerprint density at radius 3 is 1.89 bits per heavy atom. The molecule has 0 radical (unpaired) electrons. The van der Waals surface area contributed by atoms with Crippen LogP contribution in [-0.4, -0.2) is 46.4 Å². The van der Waals surface area contributed by atoms with E-state index in [0.29, 0.717) is 12.8 Å². The molecule has 0 saturated heterocycles. The van der Waals surface area contributed by atoms with Gasteiger partial charge < -0.3 is 20.4 Å². The third-order valence-corrected chi connectivity index (χ3v) is 4.20. The Kier molecular flexibility index (Phi) is 8.78. The van der Waals surface area contributed by atoms with Crippen molar-refractivity contribution in [1.82, 2.24) is 0 Å². The van der Waals surface area contributed by atoms with Crippen molar-refractivity contribution in [2.75, 3.05) is 19.8 Å². The minimum Gasteiger partial charge on any atom is -0.396 e. The molecule has 0 amide bonds. The van der Waals surface area contributed by atoms with Crippen molar-refractivity contribution in [1.29, 1.82) is 0 Å². The molecule has 0 aromatic rings. The van der Waals surface area contributed by atoms with Gasteiger partial charge in [-0.15, -0.1) is 0 Å². The molecule has 4 N–H and O–H groups in total. The molecule has 0 aromatic carbocycles. The van der Waals surface area contributed by atoms with Crippen LogP contribution in [-0.2, 0) is 0 Å². The van der Waals surface area contributed by atoms with Gasteiger partial charge in [0.25, 0.3) is 0 Å². The molecule has 110 valence electrons. The first kappa shape index (κ1) is 17.8. The first-order valence-corrected chi connectivity index (χ1v) is 6.95. The molecular weight excluding hydrogens is 232 g/mol. The molecule has 0 heterocycles. The first-order valence-electron chi connectivity index (χ1n) is 6.95. The van der Waals surface area contributed by atoms with Crippen LogP contribution in [0.15, 0.2) is 0 Å². The Labute approximate surface area is 111 Å². The van der Waals surface area contributed by atoms with Crippen molar-refractivity contribution in [2.45, 2.75) is 52.6 Å². The van der Waals surface area contributed by atoms with Gasteiger partial charge >= 0.3 is 0 Å². The zero-order chi connectivity index (χ0) is 14.2. The zero-order valence-corrected chi connectivity index (χ0v) is 12.0. The summed E-state index contributed by atoms with van der Waals surface area (Å²) in [6.45, 7) is 6.01. The summed E-state index contributed by atoms with van der Waals surface area (Å²) in [6.07, 6.45) is 2.23. The Morgan fingerprint density at radius 1 is 1.06 bits per heavy atom. The lowest BCUT2D eigenvalue weighted by Crippen LogP contribution is -2.40. The molecule has 4 heteroatoms. The maximum Gasteiger partial charge on any atom is 0.0641 e. The largest absolute Gasteiger partial charge is 0.396 e. The van der Waals surface area contributed by atoms with Crippen LogP contribution < -0.4 is 0 Å². The molecule has 0 spiro atoms. The fourth-order valence-electron chi connectivity index (χ4n) is 2.50. The summed E-state index contributed by atoms with van der Waals surface area (Å²) in [5, 5.41) is 37.7. The Morgan fingerprint density at radius 2 is 1.56 bits per heavy atom. The molecule has 3 unspecified atom stereocenters. The van der Waals surface area contributed by atoms with Gasteiger partial charge in [0.1, 0.15) is 0 Å². The van der Waals surface area contributed by atoms with Crippen LogP contribution >= 0.6 is 0 Å². The normalized spacial score (nSPS) is 18.7. The maximum atomic E-state index is 10.3. The molecule has 0 rings (SSSR count). The predicted molar refractivity (Wildman–Crippen MR) is 72.2 cm³/mol. The summed E-state index contributed by atoms with van der Waals surface area (Å²) >= 11 is 0. The van der Waals surface area contributed by atoms with E-state index < -0.39 is 11.5 Å². The summed E-state index contributed by atoms with van der Waals surface area (Å²) < 4.78 is 0. The number of aliphatic hydroxyl groups excluding tert-OH is 4. The molecule has 4 nitrogen and oxygen atoms in total. The average molecular weight is 262 g/mol. The highest BCUT2D eigenvalue weighted by Gasteiger charge is 2.34. The van der Waals surface area contributed by atoms with E-state index in [9.17, 15) is 10.2 Å². The topological polar surface area (TPSA) is 80.9 Å². The van der Waals surface area contributed by atoms with Crippen LogP contribution in [0.1, 0.15) is 46.5 Å². The van der Waals surface area contributed by atoms with Gasteiger partial charge in [-0.1, -0.05) is 20.8 Å². The minimum atomic E-state index is -0.563. The third kappa shape index (κ3) is 5.22. The smallest absolute Gasteiger partial charge is 0.0641 e. The Hall–Kier alpha value is -0.160. The third-order valence-electron chi connectivity index (χ3n) is 4.20. The predicted octanol–water partition coefficient (Wildman–Crippen LogP) is 1.16. The van der Waals surface area contributed by atoms with E-state index in [1.165, 1.54) is 0 Å². The second kappa shape index (κ2) is 8.86. The minimum absolute atomic E-state index is 0.0281. The summed E-state index contributed by atoms with van der Waals surface area (Å²) in [7, 11) is 0. The van der Waals surface area contributed by atoms with Gasteiger partial charge in [0.15, 0.2) is 0 Å².